The van der Waals surface area contributed by atoms with Crippen molar-refractivity contribution in [2.45, 2.75) is 11.4 Å². The molecular weight excluding hydrogens is 427 g/mol. The molecule has 0 amide bonds. The SMILES string of the molecule is Nc1cc(S(=O)(=O)NCc2ccccc2Br)c(F)cc1Br. The molecule has 0 bridgehead atoms. The second kappa shape index (κ2) is 6.43. The zero-order chi connectivity index (χ0) is 15.6. The Labute approximate surface area is 138 Å². The van der Waals surface area contributed by atoms with Crippen molar-refractivity contribution in [3.05, 3.63) is 56.7 Å². The first-order valence-electron chi connectivity index (χ1n) is 5.79. The second-order valence-corrected chi connectivity index (χ2v) is 7.66. The van der Waals surface area contributed by atoms with E-state index in [9.17, 15) is 12.8 Å². The fourth-order valence-electron chi connectivity index (χ4n) is 1.64. The van der Waals surface area contributed by atoms with Crippen molar-refractivity contribution in [1.29, 1.82) is 0 Å². The lowest BCUT2D eigenvalue weighted by molar-refractivity contribution is 0.556. The number of sulfonamides is 1. The predicted octanol–water partition coefficient (Wildman–Crippen LogP) is 3.41. The van der Waals surface area contributed by atoms with Crippen molar-refractivity contribution in [3.8, 4) is 0 Å². The van der Waals surface area contributed by atoms with Crippen LogP contribution >= 0.6 is 31.9 Å². The maximum Gasteiger partial charge on any atom is 0.243 e. The molecule has 0 aliphatic rings. The Bertz CT molecular complexity index is 782. The predicted molar refractivity (Wildman–Crippen MR) is 86.7 cm³/mol. The quantitative estimate of drug-likeness (QED) is 0.720. The average Bonchev–Trinajstić information content (AvgIpc) is 2.42. The highest BCUT2D eigenvalue weighted by molar-refractivity contribution is 9.10. The molecule has 2 aromatic carbocycles. The third-order valence-corrected chi connectivity index (χ3v) is 5.63. The van der Waals surface area contributed by atoms with Crippen molar-refractivity contribution in [2.24, 2.45) is 0 Å². The van der Waals surface area contributed by atoms with E-state index < -0.39 is 20.7 Å². The molecule has 0 heterocycles. The smallest absolute Gasteiger partial charge is 0.243 e. The highest BCUT2D eigenvalue weighted by Gasteiger charge is 2.20. The standard InChI is InChI=1S/C13H11Br2FN2O2S/c14-9-4-2-1-3-8(9)7-18-21(19,20)13-6-12(17)10(15)5-11(13)16/h1-6,18H,7,17H2. The number of benzene rings is 2. The molecule has 0 atom stereocenters. The summed E-state index contributed by atoms with van der Waals surface area (Å²) in [5.41, 5.74) is 6.50. The third-order valence-electron chi connectivity index (χ3n) is 2.75. The summed E-state index contributed by atoms with van der Waals surface area (Å²) in [7, 11) is -3.99. The number of rotatable bonds is 4. The topological polar surface area (TPSA) is 72.2 Å². The Kier molecular flexibility index (Phi) is 5.03. The van der Waals surface area contributed by atoms with Crippen LogP contribution in [0.2, 0.25) is 0 Å². The van der Waals surface area contributed by atoms with Gasteiger partial charge in [0.1, 0.15) is 10.7 Å². The van der Waals surface area contributed by atoms with Crippen molar-refractivity contribution in [1.82, 2.24) is 4.72 Å². The highest BCUT2D eigenvalue weighted by Crippen LogP contribution is 2.26. The Morgan fingerprint density at radius 1 is 1.14 bits per heavy atom. The molecule has 0 spiro atoms. The Hall–Kier alpha value is -0.960. The molecule has 2 aromatic rings. The summed E-state index contributed by atoms with van der Waals surface area (Å²) in [4.78, 5) is -0.477. The molecule has 2 rings (SSSR count). The van der Waals surface area contributed by atoms with Crippen LogP contribution in [0.1, 0.15) is 5.56 Å². The molecule has 0 fully saturated rings. The van der Waals surface area contributed by atoms with Crippen LogP contribution in [-0.4, -0.2) is 8.42 Å². The first-order valence-corrected chi connectivity index (χ1v) is 8.86. The van der Waals surface area contributed by atoms with E-state index in [1.54, 1.807) is 18.2 Å². The lowest BCUT2D eigenvalue weighted by Gasteiger charge is -2.10. The molecule has 0 aromatic heterocycles. The molecule has 4 nitrogen and oxygen atoms in total. The van der Waals surface area contributed by atoms with Crippen LogP contribution in [0.15, 0.2) is 50.2 Å². The van der Waals surface area contributed by atoms with Crippen molar-refractivity contribution in [2.75, 3.05) is 5.73 Å². The molecular formula is C13H11Br2FN2O2S. The lowest BCUT2D eigenvalue weighted by atomic mass is 10.2. The van der Waals surface area contributed by atoms with Crippen LogP contribution in [0.4, 0.5) is 10.1 Å². The summed E-state index contributed by atoms with van der Waals surface area (Å²) in [6.45, 7) is 0.0408. The van der Waals surface area contributed by atoms with E-state index in [0.29, 0.717) is 4.47 Å². The normalized spacial score (nSPS) is 11.6. The van der Waals surface area contributed by atoms with Crippen LogP contribution < -0.4 is 10.5 Å². The van der Waals surface area contributed by atoms with Gasteiger partial charge in [-0.1, -0.05) is 34.1 Å². The van der Waals surface area contributed by atoms with Gasteiger partial charge >= 0.3 is 0 Å². The van der Waals surface area contributed by atoms with Gasteiger partial charge in [-0.15, -0.1) is 0 Å². The monoisotopic (exact) mass is 436 g/mol. The molecule has 0 unspecified atom stereocenters. The Morgan fingerprint density at radius 2 is 1.81 bits per heavy atom. The lowest BCUT2D eigenvalue weighted by Crippen LogP contribution is -2.24. The van der Waals surface area contributed by atoms with Gasteiger partial charge in [0.25, 0.3) is 0 Å². The van der Waals surface area contributed by atoms with Gasteiger partial charge in [0, 0.05) is 21.2 Å². The fourth-order valence-corrected chi connectivity index (χ4v) is 3.48. The van der Waals surface area contributed by atoms with E-state index in [-0.39, 0.29) is 12.2 Å². The largest absolute Gasteiger partial charge is 0.398 e. The number of nitrogens with one attached hydrogen (secondary N) is 1. The maximum absolute atomic E-state index is 13.8. The molecule has 0 saturated heterocycles. The minimum Gasteiger partial charge on any atom is -0.398 e. The number of anilines is 1. The molecule has 21 heavy (non-hydrogen) atoms. The van der Waals surface area contributed by atoms with E-state index in [2.05, 4.69) is 36.6 Å². The molecule has 0 radical (unpaired) electrons. The van der Waals surface area contributed by atoms with E-state index in [4.69, 9.17) is 5.73 Å². The summed E-state index contributed by atoms with van der Waals surface area (Å²) in [5, 5.41) is 0. The number of halogens is 3. The van der Waals surface area contributed by atoms with E-state index in [1.165, 1.54) is 0 Å². The number of nitrogen functional groups attached to an aromatic ring is 1. The molecule has 0 aliphatic heterocycles. The van der Waals surface area contributed by atoms with Crippen molar-refractivity contribution in [3.63, 3.8) is 0 Å². The minimum atomic E-state index is -3.99. The van der Waals surface area contributed by atoms with Crippen LogP contribution in [-0.2, 0) is 16.6 Å². The van der Waals surface area contributed by atoms with Gasteiger partial charge < -0.3 is 5.73 Å². The summed E-state index contributed by atoms with van der Waals surface area (Å²) in [5.74, 6) is -0.865. The first-order chi connectivity index (χ1) is 9.81. The zero-order valence-corrected chi connectivity index (χ0v) is 14.6. The van der Waals surface area contributed by atoms with Gasteiger partial charge in [-0.05, 0) is 39.7 Å². The van der Waals surface area contributed by atoms with Crippen molar-refractivity contribution < 1.29 is 12.8 Å². The number of hydrogen-bond donors (Lipinski definition) is 2. The van der Waals surface area contributed by atoms with Crippen LogP contribution in [0.25, 0.3) is 0 Å². The summed E-state index contributed by atoms with van der Waals surface area (Å²) >= 11 is 6.37. The molecule has 8 heteroatoms. The minimum absolute atomic E-state index is 0.0408. The molecule has 0 saturated carbocycles. The fraction of sp³-hybridized carbons (Fsp3) is 0.0769. The number of nitrogens with two attached hydrogens (primary N) is 1. The summed E-state index contributed by atoms with van der Waals surface area (Å²) in [6.07, 6.45) is 0. The molecule has 3 N–H and O–H groups in total. The summed E-state index contributed by atoms with van der Waals surface area (Å²) in [6, 6.07) is 9.27. The Morgan fingerprint density at radius 3 is 2.48 bits per heavy atom. The Balaban J connectivity index is 2.27. The van der Waals surface area contributed by atoms with Gasteiger partial charge in [0.15, 0.2) is 0 Å². The second-order valence-electron chi connectivity index (χ2n) is 4.22. The third kappa shape index (κ3) is 3.82. The zero-order valence-electron chi connectivity index (χ0n) is 10.6. The van der Waals surface area contributed by atoms with E-state index in [1.807, 2.05) is 6.07 Å². The van der Waals surface area contributed by atoms with Gasteiger partial charge in [-0.25, -0.2) is 17.5 Å². The molecule has 112 valence electrons. The highest BCUT2D eigenvalue weighted by atomic mass is 79.9. The van der Waals surface area contributed by atoms with Gasteiger partial charge in [0.05, 0.1) is 0 Å². The van der Waals surface area contributed by atoms with Gasteiger partial charge in [-0.3, -0.25) is 0 Å². The summed E-state index contributed by atoms with van der Waals surface area (Å²) < 4.78 is 41.6. The molecule has 0 aliphatic carbocycles. The van der Waals surface area contributed by atoms with Gasteiger partial charge in [-0.2, -0.15) is 0 Å². The average molecular weight is 438 g/mol. The van der Waals surface area contributed by atoms with Crippen LogP contribution in [0.5, 0.6) is 0 Å². The van der Waals surface area contributed by atoms with Crippen LogP contribution in [0, 0.1) is 5.82 Å². The van der Waals surface area contributed by atoms with Crippen molar-refractivity contribution >= 4 is 47.6 Å². The maximum atomic E-state index is 13.8. The van der Waals surface area contributed by atoms with E-state index in [0.717, 1.165) is 22.2 Å². The van der Waals surface area contributed by atoms with E-state index >= 15 is 0 Å². The first kappa shape index (κ1) is 16.4. The van der Waals surface area contributed by atoms with Crippen LogP contribution in [0.3, 0.4) is 0 Å². The number of hydrogen-bond acceptors (Lipinski definition) is 3. The van der Waals surface area contributed by atoms with Gasteiger partial charge in [0.2, 0.25) is 10.0 Å².